The molecule has 1 aromatic heterocycles. The fourth-order valence-electron chi connectivity index (χ4n) is 4.80. The van der Waals surface area contributed by atoms with Crippen molar-refractivity contribution < 1.29 is 0 Å². The topological polar surface area (TPSA) is 61.5 Å². The molecule has 0 atom stereocenters. The summed E-state index contributed by atoms with van der Waals surface area (Å²) in [6.45, 7) is 9.88. The van der Waals surface area contributed by atoms with Crippen molar-refractivity contribution in [1.82, 2.24) is 9.97 Å². The summed E-state index contributed by atoms with van der Waals surface area (Å²) in [5.74, 6) is 1.72. The van der Waals surface area contributed by atoms with E-state index in [1.54, 1.807) is 6.33 Å². The van der Waals surface area contributed by atoms with Crippen molar-refractivity contribution in [2.24, 2.45) is 0 Å². The summed E-state index contributed by atoms with van der Waals surface area (Å²) < 4.78 is 0. The van der Waals surface area contributed by atoms with E-state index in [9.17, 15) is 0 Å². The highest BCUT2D eigenvalue weighted by Gasteiger charge is 2.25. The highest BCUT2D eigenvalue weighted by atomic mass is 15.3. The van der Waals surface area contributed by atoms with E-state index in [1.165, 1.54) is 27.9 Å². The second-order valence-corrected chi connectivity index (χ2v) is 8.57. The van der Waals surface area contributed by atoms with E-state index in [4.69, 9.17) is 5.73 Å². The minimum atomic E-state index is 0.696. The van der Waals surface area contributed by atoms with Gasteiger partial charge in [0.2, 0.25) is 0 Å². The van der Waals surface area contributed by atoms with Crippen LogP contribution in [0.25, 0.3) is 0 Å². The fraction of sp³-hybridized carbons (Fsp3) is 0.360. The van der Waals surface area contributed by atoms with Crippen molar-refractivity contribution >= 4 is 23.0 Å². The summed E-state index contributed by atoms with van der Waals surface area (Å²) >= 11 is 0. The van der Waals surface area contributed by atoms with Gasteiger partial charge in [0.1, 0.15) is 12.0 Å². The molecule has 1 fully saturated rings. The van der Waals surface area contributed by atoms with Crippen molar-refractivity contribution in [1.29, 1.82) is 0 Å². The van der Waals surface area contributed by atoms with Gasteiger partial charge in [-0.25, -0.2) is 9.97 Å². The molecular formula is C25H30N6. The van der Waals surface area contributed by atoms with Crippen LogP contribution in [0.15, 0.2) is 48.8 Å². The largest absolute Gasteiger partial charge is 0.393 e. The lowest BCUT2D eigenvalue weighted by Crippen LogP contribution is -2.47. The van der Waals surface area contributed by atoms with E-state index in [0.29, 0.717) is 5.69 Å². The Kier molecular flexibility index (Phi) is 5.14. The molecule has 0 unspecified atom stereocenters. The van der Waals surface area contributed by atoms with E-state index in [-0.39, 0.29) is 0 Å². The number of nitrogen functional groups attached to an aromatic ring is 1. The van der Waals surface area contributed by atoms with Crippen LogP contribution in [0.3, 0.4) is 0 Å². The zero-order valence-corrected chi connectivity index (χ0v) is 18.4. The first-order valence-corrected chi connectivity index (χ1v) is 11.1. The molecule has 2 aliphatic heterocycles. The van der Waals surface area contributed by atoms with Crippen LogP contribution < -0.4 is 20.4 Å². The lowest BCUT2D eigenvalue weighted by atomic mass is 10.00. The number of hydrogen-bond acceptors (Lipinski definition) is 6. The Labute approximate surface area is 184 Å². The van der Waals surface area contributed by atoms with E-state index in [0.717, 1.165) is 57.3 Å². The first-order valence-electron chi connectivity index (χ1n) is 11.1. The summed E-state index contributed by atoms with van der Waals surface area (Å²) in [7, 11) is 0. The average Bonchev–Trinajstić information content (AvgIpc) is 2.81. The molecule has 2 aromatic carbocycles. The zero-order valence-electron chi connectivity index (χ0n) is 18.4. The maximum absolute atomic E-state index is 6.63. The predicted molar refractivity (Wildman–Crippen MR) is 128 cm³/mol. The Morgan fingerprint density at radius 3 is 2.19 bits per heavy atom. The van der Waals surface area contributed by atoms with Crippen LogP contribution >= 0.6 is 0 Å². The molecule has 2 N–H and O–H groups in total. The molecule has 6 heteroatoms. The predicted octanol–water partition coefficient (Wildman–Crippen LogP) is 3.56. The number of piperazine rings is 1. The number of rotatable bonds is 3. The molecule has 3 aromatic rings. The maximum Gasteiger partial charge on any atom is 0.157 e. The number of fused-ring (bicyclic) bond motifs is 1. The normalized spacial score (nSPS) is 16.4. The number of benzene rings is 2. The minimum absolute atomic E-state index is 0.696. The SMILES string of the molecule is Cc1cccc(N2CCN(c3ncnc(N4CCc5ccccc5C4)c3N)CC2)c1C. The molecule has 0 bridgehead atoms. The Hall–Kier alpha value is -3.28. The molecule has 31 heavy (non-hydrogen) atoms. The Morgan fingerprint density at radius 1 is 0.742 bits per heavy atom. The molecular weight excluding hydrogens is 384 g/mol. The Morgan fingerprint density at radius 2 is 1.42 bits per heavy atom. The number of nitrogens with two attached hydrogens (primary N) is 1. The third kappa shape index (κ3) is 3.67. The highest BCUT2D eigenvalue weighted by molar-refractivity contribution is 5.76. The summed E-state index contributed by atoms with van der Waals surface area (Å²) in [6.07, 6.45) is 2.68. The highest BCUT2D eigenvalue weighted by Crippen LogP contribution is 2.33. The standard InChI is InChI=1S/C25H30N6/c1-18-6-5-9-22(19(18)2)29-12-14-30(15-13-29)24-23(26)25(28-17-27-24)31-11-10-20-7-3-4-8-21(20)16-31/h3-9,17H,10-16,26H2,1-2H3. The molecule has 160 valence electrons. The number of nitrogens with zero attached hydrogens (tertiary/aromatic N) is 5. The van der Waals surface area contributed by atoms with E-state index < -0.39 is 0 Å². The van der Waals surface area contributed by atoms with Crippen LogP contribution in [-0.4, -0.2) is 42.7 Å². The number of hydrogen-bond donors (Lipinski definition) is 1. The molecule has 0 spiro atoms. The molecule has 5 rings (SSSR count). The minimum Gasteiger partial charge on any atom is -0.393 e. The Balaban J connectivity index is 1.33. The third-order valence-electron chi connectivity index (χ3n) is 6.77. The van der Waals surface area contributed by atoms with Gasteiger partial charge in [-0.15, -0.1) is 0 Å². The van der Waals surface area contributed by atoms with Gasteiger partial charge in [-0.3, -0.25) is 0 Å². The summed E-state index contributed by atoms with van der Waals surface area (Å²) in [5, 5.41) is 0. The smallest absolute Gasteiger partial charge is 0.157 e. The first kappa shape index (κ1) is 19.7. The van der Waals surface area contributed by atoms with Gasteiger partial charge in [0.15, 0.2) is 11.6 Å². The molecule has 0 amide bonds. The molecule has 1 saturated heterocycles. The van der Waals surface area contributed by atoms with Crippen molar-refractivity contribution in [3.8, 4) is 0 Å². The van der Waals surface area contributed by atoms with Crippen LogP contribution in [0.2, 0.25) is 0 Å². The van der Waals surface area contributed by atoms with Gasteiger partial charge in [-0.05, 0) is 48.6 Å². The van der Waals surface area contributed by atoms with Gasteiger partial charge >= 0.3 is 0 Å². The first-order chi connectivity index (χ1) is 15.1. The van der Waals surface area contributed by atoms with E-state index in [2.05, 4.69) is 81.0 Å². The van der Waals surface area contributed by atoms with Crippen molar-refractivity contribution in [2.45, 2.75) is 26.8 Å². The molecule has 6 nitrogen and oxygen atoms in total. The molecule has 0 aliphatic carbocycles. The summed E-state index contributed by atoms with van der Waals surface area (Å²) in [5.41, 5.74) is 14.2. The van der Waals surface area contributed by atoms with Crippen LogP contribution in [0, 0.1) is 13.8 Å². The maximum atomic E-state index is 6.63. The van der Waals surface area contributed by atoms with Gasteiger partial charge in [-0.1, -0.05) is 36.4 Å². The number of aromatic nitrogens is 2. The van der Waals surface area contributed by atoms with Crippen LogP contribution in [0.1, 0.15) is 22.3 Å². The lowest BCUT2D eigenvalue weighted by molar-refractivity contribution is 0.645. The second-order valence-electron chi connectivity index (χ2n) is 8.57. The fourth-order valence-corrected chi connectivity index (χ4v) is 4.80. The van der Waals surface area contributed by atoms with E-state index in [1.807, 2.05) is 0 Å². The second kappa shape index (κ2) is 8.10. The third-order valence-corrected chi connectivity index (χ3v) is 6.77. The van der Waals surface area contributed by atoms with Crippen molar-refractivity contribution in [3.63, 3.8) is 0 Å². The van der Waals surface area contributed by atoms with Crippen molar-refractivity contribution in [2.75, 3.05) is 53.2 Å². The van der Waals surface area contributed by atoms with Gasteiger partial charge < -0.3 is 20.4 Å². The van der Waals surface area contributed by atoms with Crippen molar-refractivity contribution in [3.05, 3.63) is 71.0 Å². The van der Waals surface area contributed by atoms with Crippen LogP contribution in [0.5, 0.6) is 0 Å². The zero-order chi connectivity index (χ0) is 21.4. The molecule has 0 saturated carbocycles. The van der Waals surface area contributed by atoms with Gasteiger partial charge in [0.25, 0.3) is 0 Å². The van der Waals surface area contributed by atoms with Crippen LogP contribution in [-0.2, 0) is 13.0 Å². The summed E-state index contributed by atoms with van der Waals surface area (Å²) in [4.78, 5) is 16.2. The summed E-state index contributed by atoms with van der Waals surface area (Å²) in [6, 6.07) is 15.2. The lowest BCUT2D eigenvalue weighted by Gasteiger charge is -2.38. The quantitative estimate of drug-likeness (QED) is 0.707. The monoisotopic (exact) mass is 414 g/mol. The van der Waals surface area contributed by atoms with Gasteiger partial charge in [-0.2, -0.15) is 0 Å². The molecule has 3 heterocycles. The average molecular weight is 415 g/mol. The van der Waals surface area contributed by atoms with Gasteiger partial charge in [0, 0.05) is 45.0 Å². The number of anilines is 4. The van der Waals surface area contributed by atoms with E-state index >= 15 is 0 Å². The number of aryl methyl sites for hydroxylation is 1. The molecule has 2 aliphatic rings. The molecule has 0 radical (unpaired) electrons. The Bertz CT molecular complexity index is 1090. The van der Waals surface area contributed by atoms with Gasteiger partial charge in [0.05, 0.1) is 0 Å². The van der Waals surface area contributed by atoms with Crippen LogP contribution in [0.4, 0.5) is 23.0 Å².